The molecule has 6 nitrogen and oxygen atoms in total. The largest absolute Gasteiger partial charge is 0.434 e. The van der Waals surface area contributed by atoms with E-state index in [2.05, 4.69) is 9.97 Å². The SMILES string of the molecule is CC(=O)N1CCC(C(O)(c2cccnc2)c2ccc3nc(C(F)(F)F)c(-c4ccccc4)c(C#N)c3c2)CC1. The Morgan fingerprint density at radius 1 is 1.05 bits per heavy atom. The Balaban J connectivity index is 1.74. The average Bonchev–Trinajstić information content (AvgIpc) is 2.96. The minimum absolute atomic E-state index is 0.00208. The number of hydrogen-bond acceptors (Lipinski definition) is 5. The molecule has 0 saturated carbocycles. The number of nitrogens with zero attached hydrogens (tertiary/aromatic N) is 4. The van der Waals surface area contributed by atoms with Crippen molar-refractivity contribution in [3.05, 3.63) is 95.4 Å². The Morgan fingerprint density at radius 3 is 2.36 bits per heavy atom. The third-order valence-electron chi connectivity index (χ3n) is 7.50. The van der Waals surface area contributed by atoms with Gasteiger partial charge >= 0.3 is 6.18 Å². The number of piperidine rings is 1. The Kier molecular flexibility index (Phi) is 6.83. The number of aromatic nitrogens is 2. The van der Waals surface area contributed by atoms with Gasteiger partial charge in [0.1, 0.15) is 11.7 Å². The van der Waals surface area contributed by atoms with E-state index in [0.717, 1.165) is 0 Å². The predicted molar refractivity (Wildman–Crippen MR) is 139 cm³/mol. The molecule has 4 aromatic rings. The first kappa shape index (κ1) is 26.3. The van der Waals surface area contributed by atoms with Crippen LogP contribution in [-0.2, 0) is 16.6 Å². The second-order valence-corrected chi connectivity index (χ2v) is 9.71. The summed E-state index contributed by atoms with van der Waals surface area (Å²) in [7, 11) is 0. The number of carbonyl (C=O) groups is 1. The van der Waals surface area contributed by atoms with E-state index in [4.69, 9.17) is 0 Å². The van der Waals surface area contributed by atoms with Gasteiger partial charge in [0.25, 0.3) is 0 Å². The van der Waals surface area contributed by atoms with Gasteiger partial charge in [-0.1, -0.05) is 42.5 Å². The lowest BCUT2D eigenvalue weighted by Gasteiger charge is -2.42. The van der Waals surface area contributed by atoms with Crippen LogP contribution in [0.5, 0.6) is 0 Å². The van der Waals surface area contributed by atoms with Crippen LogP contribution in [0, 0.1) is 17.2 Å². The van der Waals surface area contributed by atoms with Gasteiger partial charge < -0.3 is 10.0 Å². The number of benzene rings is 2. The van der Waals surface area contributed by atoms with Crippen LogP contribution in [0.1, 0.15) is 42.1 Å². The van der Waals surface area contributed by atoms with Gasteiger partial charge in [0.15, 0.2) is 5.69 Å². The summed E-state index contributed by atoms with van der Waals surface area (Å²) in [5.74, 6) is -0.348. The van der Waals surface area contributed by atoms with Crippen molar-refractivity contribution in [3.8, 4) is 17.2 Å². The number of carbonyl (C=O) groups excluding carboxylic acids is 1. The van der Waals surface area contributed by atoms with Gasteiger partial charge in [-0.2, -0.15) is 18.4 Å². The molecule has 1 unspecified atom stereocenters. The first-order valence-corrected chi connectivity index (χ1v) is 12.5. The molecule has 1 aliphatic heterocycles. The first-order valence-electron chi connectivity index (χ1n) is 12.5. The van der Waals surface area contributed by atoms with E-state index in [0.29, 0.717) is 37.1 Å². The van der Waals surface area contributed by atoms with E-state index < -0.39 is 17.5 Å². The summed E-state index contributed by atoms with van der Waals surface area (Å²) in [6.45, 7) is 2.44. The van der Waals surface area contributed by atoms with Crippen molar-refractivity contribution in [1.29, 1.82) is 5.26 Å². The number of pyridine rings is 2. The van der Waals surface area contributed by atoms with Crippen LogP contribution < -0.4 is 0 Å². The highest BCUT2D eigenvalue weighted by atomic mass is 19.4. The van der Waals surface area contributed by atoms with E-state index in [1.807, 2.05) is 6.07 Å². The molecule has 1 atom stereocenters. The fraction of sp³-hybridized carbons (Fsp3) is 0.267. The number of likely N-dealkylation sites (tertiary alicyclic amines) is 1. The number of amides is 1. The van der Waals surface area contributed by atoms with E-state index in [-0.39, 0.29) is 39.4 Å². The molecule has 0 radical (unpaired) electrons. The van der Waals surface area contributed by atoms with Crippen LogP contribution in [0.15, 0.2) is 73.1 Å². The third kappa shape index (κ3) is 4.72. The number of fused-ring (bicyclic) bond motifs is 1. The molecule has 0 spiro atoms. The quantitative estimate of drug-likeness (QED) is 0.367. The molecule has 1 fully saturated rings. The molecular formula is C30H25F3N4O2. The number of aliphatic hydroxyl groups is 1. The van der Waals surface area contributed by atoms with Crippen molar-refractivity contribution in [1.82, 2.24) is 14.9 Å². The molecule has 0 aliphatic carbocycles. The van der Waals surface area contributed by atoms with Crippen LogP contribution in [0.4, 0.5) is 13.2 Å². The molecule has 1 amide bonds. The van der Waals surface area contributed by atoms with E-state index >= 15 is 0 Å². The third-order valence-corrected chi connectivity index (χ3v) is 7.50. The average molecular weight is 531 g/mol. The summed E-state index contributed by atoms with van der Waals surface area (Å²) < 4.78 is 42.5. The second kappa shape index (κ2) is 10.1. The number of halogens is 3. The Bertz CT molecular complexity index is 1560. The topological polar surface area (TPSA) is 90.1 Å². The van der Waals surface area contributed by atoms with Crippen molar-refractivity contribution in [2.75, 3.05) is 13.1 Å². The van der Waals surface area contributed by atoms with E-state index in [1.54, 1.807) is 59.8 Å². The van der Waals surface area contributed by atoms with Crippen molar-refractivity contribution in [3.63, 3.8) is 0 Å². The summed E-state index contributed by atoms with van der Waals surface area (Å²) in [4.78, 5) is 21.8. The monoisotopic (exact) mass is 530 g/mol. The summed E-state index contributed by atoms with van der Waals surface area (Å²) in [6.07, 6.45) is -0.619. The summed E-state index contributed by atoms with van der Waals surface area (Å²) in [6, 6.07) is 17.9. The summed E-state index contributed by atoms with van der Waals surface area (Å²) in [5, 5.41) is 22.7. The lowest BCUT2D eigenvalue weighted by Crippen LogP contribution is -2.45. The van der Waals surface area contributed by atoms with E-state index in [1.165, 1.54) is 25.1 Å². The van der Waals surface area contributed by atoms with Crippen LogP contribution in [-0.4, -0.2) is 39.0 Å². The van der Waals surface area contributed by atoms with Crippen molar-refractivity contribution in [2.45, 2.75) is 31.5 Å². The molecule has 9 heteroatoms. The number of alkyl halides is 3. The fourth-order valence-corrected chi connectivity index (χ4v) is 5.55. The van der Waals surface area contributed by atoms with Crippen molar-refractivity contribution in [2.24, 2.45) is 5.92 Å². The van der Waals surface area contributed by atoms with Crippen LogP contribution in [0.25, 0.3) is 22.0 Å². The van der Waals surface area contributed by atoms with Crippen molar-refractivity contribution < 1.29 is 23.1 Å². The zero-order valence-corrected chi connectivity index (χ0v) is 21.1. The Hall–Kier alpha value is -4.29. The van der Waals surface area contributed by atoms with Crippen LogP contribution in [0.2, 0.25) is 0 Å². The molecule has 1 saturated heterocycles. The lowest BCUT2D eigenvalue weighted by atomic mass is 9.72. The molecule has 1 N–H and O–H groups in total. The van der Waals surface area contributed by atoms with Crippen LogP contribution >= 0.6 is 0 Å². The standard InChI is InChI=1S/C30H25F3N4O2/c1-19(38)37-14-11-21(12-15-37)29(39,23-8-5-13-35-18-23)22-9-10-26-24(16-22)25(17-34)27(20-6-3-2-4-7-20)28(36-26)30(31,32)33/h2-10,13,16,18,21,39H,11-12,14-15H2,1H3. The number of rotatable bonds is 4. The summed E-state index contributed by atoms with van der Waals surface area (Å²) >= 11 is 0. The highest BCUT2D eigenvalue weighted by molar-refractivity contribution is 5.93. The normalized spacial score (nSPS) is 16.1. The van der Waals surface area contributed by atoms with Gasteiger partial charge in [-0.05, 0) is 48.1 Å². The minimum atomic E-state index is -4.79. The first-order chi connectivity index (χ1) is 18.6. The molecule has 2 aromatic carbocycles. The smallest absolute Gasteiger partial charge is 0.380 e. The fourth-order valence-electron chi connectivity index (χ4n) is 5.55. The minimum Gasteiger partial charge on any atom is -0.380 e. The molecule has 39 heavy (non-hydrogen) atoms. The molecule has 5 rings (SSSR count). The molecule has 0 bridgehead atoms. The second-order valence-electron chi connectivity index (χ2n) is 9.71. The van der Waals surface area contributed by atoms with Gasteiger partial charge in [-0.3, -0.25) is 9.78 Å². The summed E-state index contributed by atoms with van der Waals surface area (Å²) in [5.41, 5.74) is -2.00. The van der Waals surface area contributed by atoms with Gasteiger partial charge in [0.05, 0.1) is 11.1 Å². The Morgan fingerprint density at radius 2 is 1.77 bits per heavy atom. The maximum absolute atomic E-state index is 14.2. The lowest BCUT2D eigenvalue weighted by molar-refractivity contribution is -0.140. The highest BCUT2D eigenvalue weighted by Gasteiger charge is 2.43. The predicted octanol–water partition coefficient (Wildman–Crippen LogP) is 5.68. The molecule has 198 valence electrons. The molecule has 2 aromatic heterocycles. The highest BCUT2D eigenvalue weighted by Crippen LogP contribution is 2.45. The number of hydrogen-bond donors (Lipinski definition) is 1. The zero-order chi connectivity index (χ0) is 27.8. The molecule has 3 heterocycles. The van der Waals surface area contributed by atoms with Gasteiger partial charge in [-0.25, -0.2) is 4.98 Å². The van der Waals surface area contributed by atoms with E-state index in [9.17, 15) is 28.3 Å². The zero-order valence-electron chi connectivity index (χ0n) is 21.1. The molecular weight excluding hydrogens is 505 g/mol. The Labute approximate surface area is 223 Å². The molecule has 1 aliphatic rings. The maximum atomic E-state index is 14.2. The van der Waals surface area contributed by atoms with Crippen LogP contribution in [0.3, 0.4) is 0 Å². The van der Waals surface area contributed by atoms with Gasteiger partial charge in [-0.15, -0.1) is 0 Å². The van der Waals surface area contributed by atoms with Crippen molar-refractivity contribution >= 4 is 16.8 Å². The van der Waals surface area contributed by atoms with Gasteiger partial charge in [0.2, 0.25) is 5.91 Å². The number of nitriles is 1. The van der Waals surface area contributed by atoms with Gasteiger partial charge in [0, 0.05) is 48.9 Å². The maximum Gasteiger partial charge on any atom is 0.434 e.